The molecular formula is C10H9BrO. The first-order chi connectivity index (χ1) is 5.83. The maximum atomic E-state index is 5.34. The van der Waals surface area contributed by atoms with Gasteiger partial charge in [0.25, 0.3) is 0 Å². The summed E-state index contributed by atoms with van der Waals surface area (Å²) in [5, 5.41) is 1.21. The fourth-order valence-corrected chi connectivity index (χ4v) is 1.96. The second-order valence-corrected chi connectivity index (χ2v) is 3.58. The summed E-state index contributed by atoms with van der Waals surface area (Å²) in [5.74, 6) is 0. The van der Waals surface area contributed by atoms with Crippen LogP contribution in [-0.4, -0.2) is 0 Å². The van der Waals surface area contributed by atoms with E-state index in [-0.39, 0.29) is 0 Å². The van der Waals surface area contributed by atoms with Crippen molar-refractivity contribution >= 4 is 26.9 Å². The molecule has 0 saturated heterocycles. The molecule has 0 spiro atoms. The van der Waals surface area contributed by atoms with E-state index in [4.69, 9.17) is 4.42 Å². The van der Waals surface area contributed by atoms with E-state index in [0.29, 0.717) is 0 Å². The average molecular weight is 225 g/mol. The van der Waals surface area contributed by atoms with E-state index in [0.717, 1.165) is 16.5 Å². The number of aryl methyl sites for hydroxylation is 1. The molecule has 0 saturated carbocycles. The molecule has 12 heavy (non-hydrogen) atoms. The lowest BCUT2D eigenvalue weighted by Crippen LogP contribution is -1.79. The highest BCUT2D eigenvalue weighted by Crippen LogP contribution is 2.29. The molecule has 0 radical (unpaired) electrons. The van der Waals surface area contributed by atoms with E-state index in [9.17, 15) is 0 Å². The lowest BCUT2D eigenvalue weighted by atomic mass is 10.1. The highest BCUT2D eigenvalue weighted by Gasteiger charge is 2.05. The van der Waals surface area contributed by atoms with Crippen LogP contribution < -0.4 is 0 Å². The molecule has 0 amide bonds. The molecule has 0 aliphatic carbocycles. The van der Waals surface area contributed by atoms with E-state index in [1.165, 1.54) is 10.9 Å². The van der Waals surface area contributed by atoms with Gasteiger partial charge >= 0.3 is 0 Å². The molecule has 0 unspecified atom stereocenters. The second-order valence-electron chi connectivity index (χ2n) is 2.73. The van der Waals surface area contributed by atoms with E-state index < -0.39 is 0 Å². The Balaban J connectivity index is 2.84. The Morgan fingerprint density at radius 2 is 2.25 bits per heavy atom. The zero-order chi connectivity index (χ0) is 8.55. The molecule has 1 nitrogen and oxygen atoms in total. The van der Waals surface area contributed by atoms with Gasteiger partial charge in [-0.25, -0.2) is 0 Å². The number of halogens is 1. The summed E-state index contributed by atoms with van der Waals surface area (Å²) < 4.78 is 6.40. The number of hydrogen-bond acceptors (Lipinski definition) is 1. The van der Waals surface area contributed by atoms with E-state index >= 15 is 0 Å². The van der Waals surface area contributed by atoms with Crippen LogP contribution in [0.25, 0.3) is 11.0 Å². The molecule has 62 valence electrons. The van der Waals surface area contributed by atoms with Crippen LogP contribution in [0.1, 0.15) is 12.5 Å². The van der Waals surface area contributed by atoms with Gasteiger partial charge < -0.3 is 4.42 Å². The van der Waals surface area contributed by atoms with E-state index in [2.05, 4.69) is 28.9 Å². The Morgan fingerprint density at radius 3 is 3.00 bits per heavy atom. The second kappa shape index (κ2) is 2.94. The molecule has 0 N–H and O–H groups in total. The molecule has 2 heteroatoms. The van der Waals surface area contributed by atoms with Crippen molar-refractivity contribution < 1.29 is 4.42 Å². The average Bonchev–Trinajstić information content (AvgIpc) is 2.48. The smallest absolute Gasteiger partial charge is 0.135 e. The minimum Gasteiger partial charge on any atom is -0.463 e. The Labute approximate surface area is 79.5 Å². The first-order valence-electron chi connectivity index (χ1n) is 3.97. The van der Waals surface area contributed by atoms with Gasteiger partial charge in [0.15, 0.2) is 0 Å². The number of benzene rings is 1. The maximum Gasteiger partial charge on any atom is 0.135 e. The summed E-state index contributed by atoms with van der Waals surface area (Å²) in [6, 6.07) is 6.14. The fourth-order valence-electron chi connectivity index (χ4n) is 1.41. The summed E-state index contributed by atoms with van der Waals surface area (Å²) in [5.41, 5.74) is 2.29. The van der Waals surface area contributed by atoms with E-state index in [1.54, 1.807) is 6.26 Å². The highest BCUT2D eigenvalue weighted by atomic mass is 79.9. The van der Waals surface area contributed by atoms with Gasteiger partial charge in [0.2, 0.25) is 0 Å². The van der Waals surface area contributed by atoms with Crippen molar-refractivity contribution in [3.63, 3.8) is 0 Å². The van der Waals surface area contributed by atoms with E-state index in [1.807, 2.05) is 12.1 Å². The molecular weight excluding hydrogens is 216 g/mol. The zero-order valence-corrected chi connectivity index (χ0v) is 8.39. The topological polar surface area (TPSA) is 13.1 Å². The predicted molar refractivity (Wildman–Crippen MR) is 53.3 cm³/mol. The molecule has 2 aromatic rings. The Hall–Kier alpha value is -0.760. The van der Waals surface area contributed by atoms with Gasteiger partial charge in [-0.1, -0.05) is 19.1 Å². The zero-order valence-electron chi connectivity index (χ0n) is 6.80. The molecule has 0 aliphatic rings. The number of fused-ring (bicyclic) bond motifs is 1. The number of furan rings is 1. The van der Waals surface area contributed by atoms with Gasteiger partial charge in [-0.05, 0) is 34.0 Å². The summed E-state index contributed by atoms with van der Waals surface area (Å²) in [6.07, 6.45) is 2.78. The van der Waals surface area contributed by atoms with Crippen LogP contribution >= 0.6 is 15.9 Å². The predicted octanol–water partition coefficient (Wildman–Crippen LogP) is 3.76. The van der Waals surface area contributed by atoms with Crippen molar-refractivity contribution in [2.45, 2.75) is 13.3 Å². The third kappa shape index (κ3) is 1.07. The van der Waals surface area contributed by atoms with Crippen LogP contribution in [-0.2, 0) is 6.42 Å². The van der Waals surface area contributed by atoms with Gasteiger partial charge in [-0.3, -0.25) is 0 Å². The lowest BCUT2D eigenvalue weighted by Gasteiger charge is -1.97. The third-order valence-electron chi connectivity index (χ3n) is 2.02. The number of hydrogen-bond donors (Lipinski definition) is 0. The van der Waals surface area contributed by atoms with Gasteiger partial charge in [0, 0.05) is 5.39 Å². The van der Waals surface area contributed by atoms with Gasteiger partial charge in [-0.15, -0.1) is 0 Å². The largest absolute Gasteiger partial charge is 0.463 e. The molecule has 2 rings (SSSR count). The first kappa shape index (κ1) is 7.87. The third-order valence-corrected chi connectivity index (χ3v) is 2.61. The summed E-state index contributed by atoms with van der Waals surface area (Å²) >= 11 is 3.46. The Bertz CT molecular complexity index is 403. The van der Waals surface area contributed by atoms with Crippen molar-refractivity contribution in [1.29, 1.82) is 0 Å². The molecule has 1 aromatic heterocycles. The fraction of sp³-hybridized carbons (Fsp3) is 0.200. The molecule has 1 heterocycles. The monoisotopic (exact) mass is 224 g/mol. The standard InChI is InChI=1S/C10H9BrO/c1-2-7-4-3-5-9-10(7)8(11)6-12-9/h3-6H,2H2,1H3. The molecule has 0 atom stereocenters. The van der Waals surface area contributed by atoms with Crippen molar-refractivity contribution in [3.05, 3.63) is 34.5 Å². The molecule has 1 aromatic carbocycles. The van der Waals surface area contributed by atoms with Crippen LogP contribution in [0, 0.1) is 0 Å². The van der Waals surface area contributed by atoms with Crippen LogP contribution in [0.5, 0.6) is 0 Å². The minimum absolute atomic E-state index is 0.959. The quantitative estimate of drug-likeness (QED) is 0.720. The molecule has 0 fully saturated rings. The van der Waals surface area contributed by atoms with Crippen molar-refractivity contribution in [1.82, 2.24) is 0 Å². The normalized spacial score (nSPS) is 10.8. The maximum absolute atomic E-state index is 5.34. The Morgan fingerprint density at radius 1 is 1.42 bits per heavy atom. The Kier molecular flexibility index (Phi) is 1.93. The van der Waals surface area contributed by atoms with Crippen molar-refractivity contribution in [3.8, 4) is 0 Å². The van der Waals surface area contributed by atoms with Crippen LogP contribution in [0.15, 0.2) is 33.4 Å². The van der Waals surface area contributed by atoms with Crippen LogP contribution in [0.3, 0.4) is 0 Å². The lowest BCUT2D eigenvalue weighted by molar-refractivity contribution is 0.613. The summed E-state index contributed by atoms with van der Waals surface area (Å²) in [7, 11) is 0. The van der Waals surface area contributed by atoms with Crippen LogP contribution in [0.4, 0.5) is 0 Å². The summed E-state index contributed by atoms with van der Waals surface area (Å²) in [6.45, 7) is 2.15. The molecule has 0 aliphatic heterocycles. The minimum atomic E-state index is 0.959. The van der Waals surface area contributed by atoms with Gasteiger partial charge in [0.05, 0.1) is 4.47 Å². The first-order valence-corrected chi connectivity index (χ1v) is 4.77. The van der Waals surface area contributed by atoms with Crippen LogP contribution in [0.2, 0.25) is 0 Å². The van der Waals surface area contributed by atoms with Crippen molar-refractivity contribution in [2.75, 3.05) is 0 Å². The van der Waals surface area contributed by atoms with Gasteiger partial charge in [-0.2, -0.15) is 0 Å². The number of rotatable bonds is 1. The van der Waals surface area contributed by atoms with Crippen molar-refractivity contribution in [2.24, 2.45) is 0 Å². The SMILES string of the molecule is CCc1cccc2occ(Br)c12. The van der Waals surface area contributed by atoms with Gasteiger partial charge in [0.1, 0.15) is 11.8 Å². The molecule has 0 bridgehead atoms. The summed E-state index contributed by atoms with van der Waals surface area (Å²) in [4.78, 5) is 0. The highest BCUT2D eigenvalue weighted by molar-refractivity contribution is 9.10.